The number of hydrogen-bond donors (Lipinski definition) is 0. The topological polar surface area (TPSA) is 46.8 Å². The van der Waals surface area contributed by atoms with Crippen molar-refractivity contribution in [1.29, 1.82) is 0 Å². The molecular formula is C17H25N5. The third-order valence-electron chi connectivity index (χ3n) is 4.76. The largest absolute Gasteiger partial charge is 0.330 e. The third kappa shape index (κ3) is 2.77. The molecular weight excluding hydrogens is 274 g/mol. The molecule has 2 aromatic rings. The van der Waals surface area contributed by atoms with Gasteiger partial charge in [-0.05, 0) is 40.2 Å². The van der Waals surface area contributed by atoms with Crippen LogP contribution in [0.15, 0.2) is 18.6 Å². The van der Waals surface area contributed by atoms with Crippen molar-refractivity contribution in [2.24, 2.45) is 7.05 Å². The summed E-state index contributed by atoms with van der Waals surface area (Å²) in [5.41, 5.74) is 3.17. The molecule has 0 aliphatic carbocycles. The summed E-state index contributed by atoms with van der Waals surface area (Å²) in [6.45, 7) is 8.81. The van der Waals surface area contributed by atoms with Crippen LogP contribution in [0.25, 0.3) is 11.4 Å². The SMILES string of the molecule is Cc1ncc(-c2nccnc2C2CCCN(C(C)C)C2)n1C. The van der Waals surface area contributed by atoms with Gasteiger partial charge in [0, 0.05) is 37.9 Å². The molecule has 0 bridgehead atoms. The van der Waals surface area contributed by atoms with E-state index >= 15 is 0 Å². The molecule has 1 unspecified atom stereocenters. The van der Waals surface area contributed by atoms with Gasteiger partial charge in [0.25, 0.3) is 0 Å². The predicted molar refractivity (Wildman–Crippen MR) is 87.7 cm³/mol. The van der Waals surface area contributed by atoms with Gasteiger partial charge in [-0.25, -0.2) is 4.98 Å². The lowest BCUT2D eigenvalue weighted by Crippen LogP contribution is -2.39. The van der Waals surface area contributed by atoms with Crippen LogP contribution in [0.2, 0.25) is 0 Å². The van der Waals surface area contributed by atoms with Crippen molar-refractivity contribution in [1.82, 2.24) is 24.4 Å². The summed E-state index contributed by atoms with van der Waals surface area (Å²) in [6, 6.07) is 0.585. The highest BCUT2D eigenvalue weighted by Gasteiger charge is 2.27. The zero-order valence-corrected chi connectivity index (χ0v) is 14.0. The highest BCUT2D eigenvalue weighted by atomic mass is 15.2. The highest BCUT2D eigenvalue weighted by Crippen LogP contribution is 2.32. The molecule has 5 heteroatoms. The van der Waals surface area contributed by atoms with Crippen molar-refractivity contribution in [2.45, 2.75) is 45.6 Å². The number of hydrogen-bond acceptors (Lipinski definition) is 4. The van der Waals surface area contributed by atoms with E-state index in [0.29, 0.717) is 12.0 Å². The minimum Gasteiger partial charge on any atom is -0.330 e. The first-order valence-corrected chi connectivity index (χ1v) is 8.11. The Morgan fingerprint density at radius 2 is 1.95 bits per heavy atom. The van der Waals surface area contributed by atoms with Crippen LogP contribution in [0, 0.1) is 6.92 Å². The summed E-state index contributed by atoms with van der Waals surface area (Å²) in [4.78, 5) is 16.3. The maximum atomic E-state index is 4.69. The van der Waals surface area contributed by atoms with Gasteiger partial charge in [0.15, 0.2) is 0 Å². The van der Waals surface area contributed by atoms with Crippen LogP contribution in [0.3, 0.4) is 0 Å². The lowest BCUT2D eigenvalue weighted by Gasteiger charge is -2.35. The second-order valence-electron chi connectivity index (χ2n) is 6.47. The monoisotopic (exact) mass is 299 g/mol. The standard InChI is InChI=1S/C17H25N5/c1-12(2)22-9-5-6-14(11-22)16-17(19-8-7-18-16)15-10-20-13(3)21(15)4/h7-8,10,12,14H,5-6,9,11H2,1-4H3. The quantitative estimate of drug-likeness (QED) is 0.874. The molecule has 1 atom stereocenters. The van der Waals surface area contributed by atoms with E-state index in [1.54, 1.807) is 6.20 Å². The smallest absolute Gasteiger partial charge is 0.110 e. The molecule has 1 fully saturated rings. The van der Waals surface area contributed by atoms with Gasteiger partial charge >= 0.3 is 0 Å². The average molecular weight is 299 g/mol. The summed E-state index contributed by atoms with van der Waals surface area (Å²) in [6.07, 6.45) is 7.92. The second-order valence-corrected chi connectivity index (χ2v) is 6.47. The van der Waals surface area contributed by atoms with E-state index in [1.165, 1.54) is 19.4 Å². The fraction of sp³-hybridized carbons (Fsp3) is 0.588. The lowest BCUT2D eigenvalue weighted by atomic mass is 9.92. The number of aromatic nitrogens is 4. The Morgan fingerprint density at radius 1 is 1.18 bits per heavy atom. The zero-order valence-electron chi connectivity index (χ0n) is 14.0. The van der Waals surface area contributed by atoms with E-state index in [2.05, 4.69) is 33.3 Å². The van der Waals surface area contributed by atoms with Crippen LogP contribution in [0.4, 0.5) is 0 Å². The van der Waals surface area contributed by atoms with E-state index in [9.17, 15) is 0 Å². The summed E-state index contributed by atoms with van der Waals surface area (Å²) in [7, 11) is 2.04. The second kappa shape index (κ2) is 6.16. The molecule has 0 N–H and O–H groups in total. The molecule has 0 amide bonds. The molecule has 1 aliphatic heterocycles. The number of rotatable bonds is 3. The maximum Gasteiger partial charge on any atom is 0.110 e. The van der Waals surface area contributed by atoms with Gasteiger partial charge in [0.05, 0.1) is 17.6 Å². The number of nitrogens with zero attached hydrogens (tertiary/aromatic N) is 5. The van der Waals surface area contributed by atoms with Crippen molar-refractivity contribution in [2.75, 3.05) is 13.1 Å². The van der Waals surface area contributed by atoms with E-state index in [4.69, 9.17) is 4.98 Å². The van der Waals surface area contributed by atoms with Crippen LogP contribution in [-0.4, -0.2) is 43.6 Å². The molecule has 0 saturated carbocycles. The Balaban J connectivity index is 1.96. The number of likely N-dealkylation sites (tertiary alicyclic amines) is 1. The fourth-order valence-corrected chi connectivity index (χ4v) is 3.27. The molecule has 3 rings (SSSR count). The molecule has 118 valence electrons. The van der Waals surface area contributed by atoms with Gasteiger partial charge in [-0.2, -0.15) is 0 Å². The van der Waals surface area contributed by atoms with Gasteiger partial charge in [0.2, 0.25) is 0 Å². The molecule has 1 aliphatic rings. The molecule has 0 radical (unpaired) electrons. The van der Waals surface area contributed by atoms with Crippen molar-refractivity contribution in [3.8, 4) is 11.4 Å². The van der Waals surface area contributed by atoms with Gasteiger partial charge < -0.3 is 9.47 Å². The fourth-order valence-electron chi connectivity index (χ4n) is 3.27. The zero-order chi connectivity index (χ0) is 15.7. The Kier molecular flexibility index (Phi) is 4.25. The van der Waals surface area contributed by atoms with Gasteiger partial charge in [-0.1, -0.05) is 0 Å². The minimum atomic E-state index is 0.454. The van der Waals surface area contributed by atoms with Crippen LogP contribution >= 0.6 is 0 Å². The van der Waals surface area contributed by atoms with Crippen molar-refractivity contribution in [3.05, 3.63) is 30.1 Å². The number of piperidine rings is 1. The van der Waals surface area contributed by atoms with Crippen molar-refractivity contribution in [3.63, 3.8) is 0 Å². The van der Waals surface area contributed by atoms with E-state index in [-0.39, 0.29) is 0 Å². The summed E-state index contributed by atoms with van der Waals surface area (Å²) < 4.78 is 2.09. The summed E-state index contributed by atoms with van der Waals surface area (Å²) in [5, 5.41) is 0. The van der Waals surface area contributed by atoms with Crippen molar-refractivity contribution < 1.29 is 0 Å². The first kappa shape index (κ1) is 15.2. The van der Waals surface area contributed by atoms with Crippen LogP contribution < -0.4 is 0 Å². The highest BCUT2D eigenvalue weighted by molar-refractivity contribution is 5.58. The Bertz CT molecular complexity index is 646. The van der Waals surface area contributed by atoms with Gasteiger partial charge in [-0.3, -0.25) is 9.97 Å². The molecule has 0 aromatic carbocycles. The Labute approximate surface area is 132 Å². The Hall–Kier alpha value is -1.75. The molecule has 3 heterocycles. The minimum absolute atomic E-state index is 0.454. The first-order valence-electron chi connectivity index (χ1n) is 8.11. The van der Waals surface area contributed by atoms with Gasteiger partial charge in [0.1, 0.15) is 11.5 Å². The lowest BCUT2D eigenvalue weighted by molar-refractivity contribution is 0.166. The summed E-state index contributed by atoms with van der Waals surface area (Å²) in [5.74, 6) is 1.45. The molecule has 1 saturated heterocycles. The molecule has 0 spiro atoms. The van der Waals surface area contributed by atoms with E-state index < -0.39 is 0 Å². The molecule has 2 aromatic heterocycles. The molecule has 5 nitrogen and oxygen atoms in total. The van der Waals surface area contributed by atoms with Crippen LogP contribution in [0.5, 0.6) is 0 Å². The first-order chi connectivity index (χ1) is 10.6. The van der Waals surface area contributed by atoms with E-state index in [0.717, 1.165) is 29.5 Å². The van der Waals surface area contributed by atoms with Gasteiger partial charge in [-0.15, -0.1) is 0 Å². The van der Waals surface area contributed by atoms with Crippen molar-refractivity contribution >= 4 is 0 Å². The van der Waals surface area contributed by atoms with Crippen LogP contribution in [0.1, 0.15) is 44.1 Å². The normalized spacial score (nSPS) is 19.8. The Morgan fingerprint density at radius 3 is 2.64 bits per heavy atom. The number of aryl methyl sites for hydroxylation is 1. The third-order valence-corrected chi connectivity index (χ3v) is 4.76. The summed E-state index contributed by atoms with van der Waals surface area (Å²) >= 11 is 0. The molecule has 22 heavy (non-hydrogen) atoms. The predicted octanol–water partition coefficient (Wildman–Crippen LogP) is 2.77. The van der Waals surface area contributed by atoms with Crippen LogP contribution in [-0.2, 0) is 7.05 Å². The van der Waals surface area contributed by atoms with E-state index in [1.807, 2.05) is 26.4 Å². The number of imidazole rings is 1. The maximum absolute atomic E-state index is 4.69. The average Bonchev–Trinajstić information content (AvgIpc) is 2.87.